The van der Waals surface area contributed by atoms with E-state index in [4.69, 9.17) is 10.5 Å². The summed E-state index contributed by atoms with van der Waals surface area (Å²) in [5.74, 6) is 1.51. The molecule has 1 atom stereocenters. The second-order valence-electron chi connectivity index (χ2n) is 6.13. The van der Waals surface area contributed by atoms with Gasteiger partial charge in [0.1, 0.15) is 5.82 Å². The molecule has 0 aromatic carbocycles. The number of halogens is 1. The average Bonchev–Trinajstić information content (AvgIpc) is 2.83. The molecule has 0 aliphatic carbocycles. The Hall–Kier alpha value is -1.09. The number of guanidine groups is 1. The van der Waals surface area contributed by atoms with Crippen LogP contribution >= 0.6 is 24.0 Å². The van der Waals surface area contributed by atoms with Crippen molar-refractivity contribution in [2.45, 2.75) is 45.2 Å². The Balaban J connectivity index is 0.00000288. The Bertz CT molecular complexity index is 486. The summed E-state index contributed by atoms with van der Waals surface area (Å²) in [6.07, 6.45) is 7.08. The lowest BCUT2D eigenvalue weighted by Gasteiger charge is -2.21. The summed E-state index contributed by atoms with van der Waals surface area (Å²) < 4.78 is 5.06. The summed E-state index contributed by atoms with van der Waals surface area (Å²) in [4.78, 5) is 11.3. The van der Waals surface area contributed by atoms with Gasteiger partial charge in [0.05, 0.1) is 13.2 Å². The molecule has 6 nitrogen and oxygen atoms in total. The largest absolute Gasteiger partial charge is 0.383 e. The highest BCUT2D eigenvalue weighted by Crippen LogP contribution is 2.17. The molecule has 2 rings (SSSR count). The third kappa shape index (κ3) is 7.21. The third-order valence-corrected chi connectivity index (χ3v) is 3.98. The third-order valence-electron chi connectivity index (χ3n) is 3.98. The monoisotopic (exact) mass is 447 g/mol. The number of rotatable bonds is 6. The van der Waals surface area contributed by atoms with Gasteiger partial charge in [0.25, 0.3) is 0 Å². The van der Waals surface area contributed by atoms with Crippen molar-refractivity contribution in [2.75, 3.05) is 31.7 Å². The van der Waals surface area contributed by atoms with Crippen molar-refractivity contribution in [1.29, 1.82) is 0 Å². The van der Waals surface area contributed by atoms with Crippen LogP contribution in [0.15, 0.2) is 23.3 Å². The van der Waals surface area contributed by atoms with E-state index < -0.39 is 0 Å². The number of hydrogen-bond donors (Lipinski definition) is 2. The van der Waals surface area contributed by atoms with Crippen LogP contribution < -0.4 is 16.0 Å². The van der Waals surface area contributed by atoms with Crippen LogP contribution in [0.1, 0.15) is 38.2 Å². The van der Waals surface area contributed by atoms with E-state index in [-0.39, 0.29) is 30.0 Å². The fraction of sp³-hybridized carbons (Fsp3) is 0.647. The zero-order valence-electron chi connectivity index (χ0n) is 14.7. The molecular formula is C17H30IN5O. The van der Waals surface area contributed by atoms with Gasteiger partial charge in [0, 0.05) is 32.4 Å². The summed E-state index contributed by atoms with van der Waals surface area (Å²) in [6.45, 7) is 5.36. The molecule has 0 radical (unpaired) electrons. The second-order valence-corrected chi connectivity index (χ2v) is 6.13. The molecule has 0 bridgehead atoms. The van der Waals surface area contributed by atoms with Gasteiger partial charge in [-0.25, -0.2) is 9.98 Å². The lowest BCUT2D eigenvalue weighted by molar-refractivity contribution is 0.179. The van der Waals surface area contributed by atoms with Crippen LogP contribution in [-0.4, -0.2) is 43.8 Å². The topological polar surface area (TPSA) is 75.8 Å². The summed E-state index contributed by atoms with van der Waals surface area (Å²) in [5, 5.41) is 3.10. The highest BCUT2D eigenvalue weighted by molar-refractivity contribution is 14.0. The van der Waals surface area contributed by atoms with Crippen LogP contribution in [0.2, 0.25) is 0 Å². The Morgan fingerprint density at radius 3 is 2.62 bits per heavy atom. The summed E-state index contributed by atoms with van der Waals surface area (Å²) in [5.41, 5.74) is 6.93. The van der Waals surface area contributed by atoms with Gasteiger partial charge < -0.3 is 20.7 Å². The molecule has 1 fully saturated rings. The lowest BCUT2D eigenvalue weighted by Crippen LogP contribution is -2.40. The minimum atomic E-state index is 0. The van der Waals surface area contributed by atoms with Crippen molar-refractivity contribution in [3.63, 3.8) is 0 Å². The second kappa shape index (κ2) is 11.5. The Morgan fingerprint density at radius 2 is 2.04 bits per heavy atom. The number of pyridine rings is 1. The molecule has 24 heavy (non-hydrogen) atoms. The Morgan fingerprint density at radius 1 is 1.33 bits per heavy atom. The van der Waals surface area contributed by atoms with E-state index in [1.807, 2.05) is 13.1 Å². The number of ether oxygens (including phenoxy) is 1. The van der Waals surface area contributed by atoms with Crippen molar-refractivity contribution >= 4 is 35.8 Å². The quantitative estimate of drug-likeness (QED) is 0.398. The molecule has 1 aromatic rings. The van der Waals surface area contributed by atoms with Crippen LogP contribution in [0.3, 0.4) is 0 Å². The molecule has 1 aromatic heterocycles. The maximum absolute atomic E-state index is 5.87. The molecule has 1 aliphatic rings. The molecule has 2 heterocycles. The first-order chi connectivity index (χ1) is 11.2. The van der Waals surface area contributed by atoms with Crippen molar-refractivity contribution in [1.82, 2.24) is 10.3 Å². The molecule has 0 saturated carbocycles. The number of hydrogen-bond acceptors (Lipinski definition) is 4. The molecule has 1 unspecified atom stereocenters. The van der Waals surface area contributed by atoms with Crippen LogP contribution in [-0.2, 0) is 11.3 Å². The maximum atomic E-state index is 5.87. The van der Waals surface area contributed by atoms with Crippen molar-refractivity contribution in [3.05, 3.63) is 23.9 Å². The maximum Gasteiger partial charge on any atom is 0.189 e. The van der Waals surface area contributed by atoms with Crippen LogP contribution in [0.4, 0.5) is 5.82 Å². The predicted molar refractivity (Wildman–Crippen MR) is 110 cm³/mol. The van der Waals surface area contributed by atoms with E-state index in [1.165, 1.54) is 25.7 Å². The van der Waals surface area contributed by atoms with Crippen molar-refractivity contribution in [2.24, 2.45) is 10.7 Å². The number of methoxy groups -OCH3 is 1. The van der Waals surface area contributed by atoms with Gasteiger partial charge in [-0.2, -0.15) is 0 Å². The van der Waals surface area contributed by atoms with Crippen LogP contribution in [0.25, 0.3) is 0 Å². The summed E-state index contributed by atoms with van der Waals surface area (Å²) in [7, 11) is 1.67. The number of nitrogens with one attached hydrogen (secondary N) is 1. The van der Waals surface area contributed by atoms with Gasteiger partial charge in [-0.3, -0.25) is 0 Å². The molecule has 1 saturated heterocycles. The minimum Gasteiger partial charge on any atom is -0.383 e. The average molecular weight is 447 g/mol. The SMILES string of the molecule is COCC(C)NC(N)=NCc1ccc(N2CCCCCC2)nc1.I. The first kappa shape index (κ1) is 21.0. The van der Waals surface area contributed by atoms with Gasteiger partial charge in [0.2, 0.25) is 0 Å². The van der Waals surface area contributed by atoms with Crippen molar-refractivity contribution in [3.8, 4) is 0 Å². The predicted octanol–water partition coefficient (Wildman–Crippen LogP) is 2.52. The number of aliphatic imine (C=N–C) groups is 1. The fourth-order valence-electron chi connectivity index (χ4n) is 2.76. The fourth-order valence-corrected chi connectivity index (χ4v) is 2.76. The lowest BCUT2D eigenvalue weighted by atomic mass is 10.2. The zero-order valence-corrected chi connectivity index (χ0v) is 17.0. The number of aromatic nitrogens is 1. The van der Waals surface area contributed by atoms with E-state index in [0.29, 0.717) is 19.1 Å². The zero-order chi connectivity index (χ0) is 16.5. The summed E-state index contributed by atoms with van der Waals surface area (Å²) >= 11 is 0. The van der Waals surface area contributed by atoms with Crippen LogP contribution in [0, 0.1) is 0 Å². The van der Waals surface area contributed by atoms with E-state index in [0.717, 1.165) is 24.5 Å². The van der Waals surface area contributed by atoms with E-state index >= 15 is 0 Å². The highest BCUT2D eigenvalue weighted by Gasteiger charge is 2.10. The van der Waals surface area contributed by atoms with E-state index in [9.17, 15) is 0 Å². The minimum absolute atomic E-state index is 0. The number of anilines is 1. The van der Waals surface area contributed by atoms with Gasteiger partial charge in [-0.05, 0) is 31.4 Å². The highest BCUT2D eigenvalue weighted by atomic mass is 127. The number of nitrogens with zero attached hydrogens (tertiary/aromatic N) is 3. The molecule has 7 heteroatoms. The van der Waals surface area contributed by atoms with Gasteiger partial charge in [0.15, 0.2) is 5.96 Å². The molecule has 1 aliphatic heterocycles. The first-order valence-electron chi connectivity index (χ1n) is 8.44. The Kier molecular flexibility index (Phi) is 10.0. The van der Waals surface area contributed by atoms with Crippen molar-refractivity contribution < 1.29 is 4.74 Å². The normalized spacial score (nSPS) is 16.9. The molecular weight excluding hydrogens is 417 g/mol. The van der Waals surface area contributed by atoms with Gasteiger partial charge >= 0.3 is 0 Å². The Labute approximate surface area is 162 Å². The van der Waals surface area contributed by atoms with E-state index in [1.54, 1.807) is 7.11 Å². The number of nitrogens with two attached hydrogens (primary N) is 1. The molecule has 0 spiro atoms. The molecule has 0 amide bonds. The molecule has 3 N–H and O–H groups in total. The smallest absolute Gasteiger partial charge is 0.189 e. The first-order valence-corrected chi connectivity index (χ1v) is 8.44. The van der Waals surface area contributed by atoms with E-state index in [2.05, 4.69) is 32.3 Å². The van der Waals surface area contributed by atoms with Crippen LogP contribution in [0.5, 0.6) is 0 Å². The molecule has 136 valence electrons. The summed E-state index contributed by atoms with van der Waals surface area (Å²) in [6, 6.07) is 4.32. The van der Waals surface area contributed by atoms with Gasteiger partial charge in [-0.15, -0.1) is 24.0 Å². The standard InChI is InChI=1S/C17H29N5O.HI/c1-14(13-23-2)21-17(18)20-12-15-7-8-16(19-11-15)22-9-5-3-4-6-10-22;/h7-8,11,14H,3-6,9-10,12-13H2,1-2H3,(H3,18,20,21);1H. The van der Waals surface area contributed by atoms with Gasteiger partial charge in [-0.1, -0.05) is 18.9 Å².